The van der Waals surface area contributed by atoms with Crippen LogP contribution in [0, 0.1) is 0 Å². The molecule has 0 spiro atoms. The van der Waals surface area contributed by atoms with E-state index in [0.717, 1.165) is 11.1 Å². The predicted octanol–water partition coefficient (Wildman–Crippen LogP) is 6.14. The van der Waals surface area contributed by atoms with Crippen LogP contribution in [0.4, 0.5) is 5.69 Å². The summed E-state index contributed by atoms with van der Waals surface area (Å²) in [6, 6.07) is 16.8. The number of thioether (sulfide) groups is 1. The van der Waals surface area contributed by atoms with Crippen LogP contribution in [0.15, 0.2) is 64.5 Å². The zero-order chi connectivity index (χ0) is 23.8. The third kappa shape index (κ3) is 4.55. The van der Waals surface area contributed by atoms with Gasteiger partial charge in [0.15, 0.2) is 5.16 Å². The topological polar surface area (TPSA) is 97.1 Å². The lowest BCUT2D eigenvalue weighted by molar-refractivity contribution is -0.113. The van der Waals surface area contributed by atoms with E-state index < -0.39 is 5.97 Å². The molecule has 0 radical (unpaired) electrons. The van der Waals surface area contributed by atoms with Crippen molar-refractivity contribution in [1.29, 1.82) is 0 Å². The summed E-state index contributed by atoms with van der Waals surface area (Å²) >= 11 is 10.7. The van der Waals surface area contributed by atoms with E-state index >= 15 is 0 Å². The van der Waals surface area contributed by atoms with Crippen molar-refractivity contribution in [3.05, 3.63) is 75.5 Å². The maximum atomic E-state index is 12.5. The molecule has 2 N–H and O–H groups in total. The van der Waals surface area contributed by atoms with Gasteiger partial charge in [-0.2, -0.15) is 0 Å². The fourth-order valence-electron chi connectivity index (χ4n) is 3.89. The number of carbonyl (C=O) groups is 2. The van der Waals surface area contributed by atoms with Gasteiger partial charge >= 0.3 is 5.97 Å². The molecule has 3 aromatic carbocycles. The van der Waals surface area contributed by atoms with Crippen LogP contribution in [0.2, 0.25) is 5.02 Å². The summed E-state index contributed by atoms with van der Waals surface area (Å²) in [5.74, 6) is -0.690. The Balaban J connectivity index is 1.37. The molecule has 1 amide bonds. The van der Waals surface area contributed by atoms with Gasteiger partial charge in [0.2, 0.25) is 10.6 Å². The Kier molecular flexibility index (Phi) is 6.33. The van der Waals surface area contributed by atoms with Gasteiger partial charge in [0.05, 0.1) is 22.0 Å². The number of fused-ring (bicyclic) bond motifs is 1. The van der Waals surface area contributed by atoms with Crippen molar-refractivity contribution < 1.29 is 14.7 Å². The molecule has 0 bridgehead atoms. The summed E-state index contributed by atoms with van der Waals surface area (Å²) in [5, 5.41) is 23.2. The molecule has 10 heteroatoms. The first-order chi connectivity index (χ1) is 16.4. The van der Waals surface area contributed by atoms with Crippen molar-refractivity contribution in [3.8, 4) is 5.69 Å². The van der Waals surface area contributed by atoms with Crippen LogP contribution < -0.4 is 5.32 Å². The lowest BCUT2D eigenvalue weighted by Gasteiger charge is -2.14. The third-order valence-corrected chi connectivity index (χ3v) is 7.36. The average molecular weight is 558 g/mol. The van der Waals surface area contributed by atoms with Crippen molar-refractivity contribution in [3.63, 3.8) is 0 Å². The number of amides is 1. The first kappa shape index (κ1) is 22.9. The van der Waals surface area contributed by atoms with Crippen LogP contribution in [0.25, 0.3) is 16.5 Å². The highest BCUT2D eigenvalue weighted by atomic mass is 79.9. The Labute approximate surface area is 212 Å². The molecule has 1 saturated carbocycles. The quantitative estimate of drug-likeness (QED) is 0.265. The van der Waals surface area contributed by atoms with Gasteiger partial charge in [-0.15, -0.1) is 10.2 Å². The molecule has 1 fully saturated rings. The Bertz CT molecular complexity index is 1440. The number of rotatable bonds is 7. The number of aromatic nitrogens is 3. The van der Waals surface area contributed by atoms with Gasteiger partial charge in [-0.3, -0.25) is 9.36 Å². The smallest absolute Gasteiger partial charge is 0.337 e. The fourth-order valence-corrected chi connectivity index (χ4v) is 5.46. The largest absolute Gasteiger partial charge is 0.478 e. The molecule has 0 unspecified atom stereocenters. The molecule has 1 heterocycles. The number of hydrogen-bond donors (Lipinski definition) is 2. The lowest BCUT2D eigenvalue weighted by Crippen LogP contribution is -2.15. The van der Waals surface area contributed by atoms with Gasteiger partial charge in [-0.1, -0.05) is 53.7 Å². The zero-order valence-electron chi connectivity index (χ0n) is 17.7. The minimum Gasteiger partial charge on any atom is -0.478 e. The molecule has 1 aliphatic rings. The molecular formula is C24H18BrClN4O3S. The SMILES string of the molecule is O=C(CSc1nnc(Br)n1-c1ccc(C2CC2)c2ccccc12)Nc1ccc(C(=O)O)c(Cl)c1. The molecule has 7 nitrogen and oxygen atoms in total. The molecule has 1 aliphatic carbocycles. The van der Waals surface area contributed by atoms with E-state index in [4.69, 9.17) is 16.7 Å². The Hall–Kier alpha value is -2.88. The van der Waals surface area contributed by atoms with Crippen molar-refractivity contribution in [2.45, 2.75) is 23.9 Å². The second-order valence-electron chi connectivity index (χ2n) is 7.92. The van der Waals surface area contributed by atoms with Crippen LogP contribution in [0.3, 0.4) is 0 Å². The zero-order valence-corrected chi connectivity index (χ0v) is 20.8. The predicted molar refractivity (Wildman–Crippen MR) is 136 cm³/mol. The summed E-state index contributed by atoms with van der Waals surface area (Å²) < 4.78 is 2.45. The maximum Gasteiger partial charge on any atom is 0.337 e. The summed E-state index contributed by atoms with van der Waals surface area (Å²) in [7, 11) is 0. The van der Waals surface area contributed by atoms with Crippen molar-refractivity contribution in [2.75, 3.05) is 11.1 Å². The minimum atomic E-state index is -1.12. The second kappa shape index (κ2) is 9.40. The molecule has 0 aliphatic heterocycles. The Morgan fingerprint density at radius 2 is 1.88 bits per heavy atom. The van der Waals surface area contributed by atoms with E-state index in [1.807, 2.05) is 10.6 Å². The highest BCUT2D eigenvalue weighted by molar-refractivity contribution is 9.10. The van der Waals surface area contributed by atoms with E-state index in [2.05, 4.69) is 61.8 Å². The van der Waals surface area contributed by atoms with E-state index in [0.29, 0.717) is 21.5 Å². The summed E-state index contributed by atoms with van der Waals surface area (Å²) in [6.45, 7) is 0. The molecule has 4 aromatic rings. The number of carboxylic acids is 1. The number of carbonyl (C=O) groups excluding carboxylic acids is 1. The average Bonchev–Trinajstić information content (AvgIpc) is 3.59. The molecule has 0 atom stereocenters. The number of benzene rings is 3. The number of nitrogens with zero attached hydrogens (tertiary/aromatic N) is 3. The molecule has 1 aromatic heterocycles. The monoisotopic (exact) mass is 556 g/mol. The number of nitrogens with one attached hydrogen (secondary N) is 1. The van der Waals surface area contributed by atoms with Crippen molar-refractivity contribution in [2.24, 2.45) is 0 Å². The van der Waals surface area contributed by atoms with Crippen LogP contribution in [0.1, 0.15) is 34.7 Å². The molecular weight excluding hydrogens is 540 g/mol. The van der Waals surface area contributed by atoms with Gasteiger partial charge in [0.25, 0.3) is 0 Å². The van der Waals surface area contributed by atoms with E-state index in [1.165, 1.54) is 53.8 Å². The van der Waals surface area contributed by atoms with Gasteiger partial charge in [0.1, 0.15) is 0 Å². The van der Waals surface area contributed by atoms with Crippen LogP contribution in [0.5, 0.6) is 0 Å². The number of hydrogen-bond acceptors (Lipinski definition) is 5. The van der Waals surface area contributed by atoms with Gasteiger partial charge in [-0.05, 0) is 69.9 Å². The number of anilines is 1. The van der Waals surface area contributed by atoms with Gasteiger partial charge in [0, 0.05) is 11.1 Å². The van der Waals surface area contributed by atoms with Crippen LogP contribution in [-0.4, -0.2) is 37.5 Å². The number of carboxylic acid groups (broad SMARTS) is 1. The van der Waals surface area contributed by atoms with Gasteiger partial charge in [-0.25, -0.2) is 4.79 Å². The first-order valence-electron chi connectivity index (χ1n) is 10.5. The van der Waals surface area contributed by atoms with Crippen LogP contribution in [-0.2, 0) is 4.79 Å². The number of halogens is 2. The maximum absolute atomic E-state index is 12.5. The molecule has 5 rings (SSSR count). The van der Waals surface area contributed by atoms with E-state index in [1.54, 1.807) is 0 Å². The second-order valence-corrected chi connectivity index (χ2v) is 9.98. The van der Waals surface area contributed by atoms with Crippen LogP contribution >= 0.6 is 39.3 Å². The van der Waals surface area contributed by atoms with Crippen molar-refractivity contribution >= 4 is 67.6 Å². The normalized spacial score (nSPS) is 13.2. The van der Waals surface area contributed by atoms with Gasteiger partial charge < -0.3 is 10.4 Å². The number of aromatic carboxylic acids is 1. The standard InChI is InChI=1S/C24H18BrClN4O3S/c25-23-28-29-24(34-12-21(31)27-14-7-8-18(22(32)33)19(26)11-14)30(23)20-10-9-15(13-5-6-13)16-3-1-2-4-17(16)20/h1-4,7-11,13H,5-6,12H2,(H,27,31)(H,32,33). The highest BCUT2D eigenvalue weighted by Crippen LogP contribution is 2.44. The minimum absolute atomic E-state index is 0.0214. The third-order valence-electron chi connectivity index (χ3n) is 5.60. The summed E-state index contributed by atoms with van der Waals surface area (Å²) in [6.07, 6.45) is 2.44. The summed E-state index contributed by atoms with van der Waals surface area (Å²) in [5.41, 5.74) is 2.71. The van der Waals surface area contributed by atoms with Crippen molar-refractivity contribution in [1.82, 2.24) is 14.8 Å². The fraction of sp³-hybridized carbons (Fsp3) is 0.167. The highest BCUT2D eigenvalue weighted by Gasteiger charge is 2.26. The summed E-state index contributed by atoms with van der Waals surface area (Å²) in [4.78, 5) is 23.7. The molecule has 0 saturated heterocycles. The van der Waals surface area contributed by atoms with E-state index in [-0.39, 0.29) is 22.2 Å². The lowest BCUT2D eigenvalue weighted by atomic mass is 9.99. The Morgan fingerprint density at radius 1 is 1.12 bits per heavy atom. The molecule has 34 heavy (non-hydrogen) atoms. The first-order valence-corrected chi connectivity index (χ1v) is 12.7. The molecule has 172 valence electrons. The van der Waals surface area contributed by atoms with E-state index in [9.17, 15) is 9.59 Å². The Morgan fingerprint density at radius 3 is 2.59 bits per heavy atom.